The van der Waals surface area contributed by atoms with Crippen molar-refractivity contribution in [2.75, 3.05) is 0 Å². The van der Waals surface area contributed by atoms with Crippen LogP contribution in [0.1, 0.15) is 11.1 Å². The molecule has 2 N–H and O–H groups in total. The lowest BCUT2D eigenvalue weighted by Gasteiger charge is -2.09. The zero-order valence-electron chi connectivity index (χ0n) is 10.4. The molecule has 0 fully saturated rings. The SMILES string of the molecule is Cc1cccc(Oc2ncccc2CN)c1[N+](=O)[O-]. The van der Waals surface area contributed by atoms with E-state index in [1.807, 2.05) is 0 Å². The van der Waals surface area contributed by atoms with Crippen LogP contribution >= 0.6 is 0 Å². The van der Waals surface area contributed by atoms with Crippen LogP contribution in [0.5, 0.6) is 11.6 Å². The zero-order valence-corrected chi connectivity index (χ0v) is 10.4. The molecule has 19 heavy (non-hydrogen) atoms. The molecule has 0 saturated heterocycles. The van der Waals surface area contributed by atoms with Crippen molar-refractivity contribution in [3.8, 4) is 11.6 Å². The molecule has 2 rings (SSSR count). The summed E-state index contributed by atoms with van der Waals surface area (Å²) in [5.74, 6) is 0.456. The summed E-state index contributed by atoms with van der Waals surface area (Å²) in [5, 5.41) is 11.1. The predicted octanol–water partition coefficient (Wildman–Crippen LogP) is 2.55. The van der Waals surface area contributed by atoms with Crippen LogP contribution in [0.4, 0.5) is 5.69 Å². The molecule has 1 aromatic carbocycles. The molecule has 0 aliphatic carbocycles. The standard InChI is InChI=1S/C13H13N3O3/c1-9-4-2-6-11(12(9)16(17)18)19-13-10(8-14)5-3-7-15-13/h2-7H,8,14H2,1H3. The molecule has 2 aromatic rings. The van der Waals surface area contributed by atoms with Gasteiger partial charge in [0.15, 0.2) is 0 Å². The second kappa shape index (κ2) is 5.45. The van der Waals surface area contributed by atoms with Crippen molar-refractivity contribution >= 4 is 5.69 Å². The Labute approximate surface area is 110 Å². The molecule has 0 unspecified atom stereocenters. The van der Waals surface area contributed by atoms with Crippen LogP contribution in [0.2, 0.25) is 0 Å². The van der Waals surface area contributed by atoms with E-state index in [1.165, 1.54) is 0 Å². The molecule has 0 amide bonds. The number of pyridine rings is 1. The Morgan fingerprint density at radius 2 is 2.16 bits per heavy atom. The third kappa shape index (κ3) is 2.69. The largest absolute Gasteiger partial charge is 0.431 e. The highest BCUT2D eigenvalue weighted by Crippen LogP contribution is 2.34. The Hall–Kier alpha value is -2.47. The van der Waals surface area contributed by atoms with Gasteiger partial charge >= 0.3 is 5.69 Å². The highest BCUT2D eigenvalue weighted by Gasteiger charge is 2.19. The maximum atomic E-state index is 11.1. The monoisotopic (exact) mass is 259 g/mol. The summed E-state index contributed by atoms with van der Waals surface area (Å²) in [7, 11) is 0. The number of benzene rings is 1. The average Bonchev–Trinajstić information content (AvgIpc) is 2.39. The third-order valence-corrected chi connectivity index (χ3v) is 2.66. The first-order valence-electron chi connectivity index (χ1n) is 5.69. The molecule has 0 saturated carbocycles. The third-order valence-electron chi connectivity index (χ3n) is 2.66. The summed E-state index contributed by atoms with van der Waals surface area (Å²) < 4.78 is 5.54. The van der Waals surface area contributed by atoms with Crippen LogP contribution < -0.4 is 10.5 Å². The molecule has 6 heteroatoms. The van der Waals surface area contributed by atoms with Gasteiger partial charge in [-0.3, -0.25) is 10.1 Å². The lowest BCUT2D eigenvalue weighted by Crippen LogP contribution is -2.02. The number of rotatable bonds is 4. The summed E-state index contributed by atoms with van der Waals surface area (Å²) in [5.41, 5.74) is 6.75. The van der Waals surface area contributed by atoms with Gasteiger partial charge in [0.05, 0.1) is 4.92 Å². The molecule has 0 atom stereocenters. The van der Waals surface area contributed by atoms with Gasteiger partial charge in [-0.1, -0.05) is 18.2 Å². The fourth-order valence-corrected chi connectivity index (χ4v) is 1.72. The summed E-state index contributed by atoms with van der Waals surface area (Å²) in [6, 6.07) is 8.40. The fourth-order valence-electron chi connectivity index (χ4n) is 1.72. The van der Waals surface area contributed by atoms with Gasteiger partial charge < -0.3 is 10.5 Å². The average molecular weight is 259 g/mol. The first kappa shape index (κ1) is 13.0. The lowest BCUT2D eigenvalue weighted by atomic mass is 10.2. The minimum atomic E-state index is -0.463. The van der Waals surface area contributed by atoms with Crippen LogP contribution in [0.25, 0.3) is 0 Å². The number of nitrogens with two attached hydrogens (primary N) is 1. The van der Waals surface area contributed by atoms with E-state index in [-0.39, 0.29) is 18.0 Å². The van der Waals surface area contributed by atoms with Gasteiger partial charge in [0.1, 0.15) is 0 Å². The second-order valence-electron chi connectivity index (χ2n) is 3.95. The lowest BCUT2D eigenvalue weighted by molar-refractivity contribution is -0.386. The summed E-state index contributed by atoms with van der Waals surface area (Å²) in [6.45, 7) is 1.91. The van der Waals surface area contributed by atoms with Crippen molar-refractivity contribution in [3.63, 3.8) is 0 Å². The molecule has 0 bridgehead atoms. The van der Waals surface area contributed by atoms with Crippen molar-refractivity contribution in [1.29, 1.82) is 0 Å². The Balaban J connectivity index is 2.44. The van der Waals surface area contributed by atoms with Crippen molar-refractivity contribution in [2.45, 2.75) is 13.5 Å². The van der Waals surface area contributed by atoms with Crippen LogP contribution in [0, 0.1) is 17.0 Å². The maximum Gasteiger partial charge on any atom is 0.314 e. The maximum absolute atomic E-state index is 11.1. The Kier molecular flexibility index (Phi) is 3.72. The van der Waals surface area contributed by atoms with E-state index < -0.39 is 4.92 Å². The smallest absolute Gasteiger partial charge is 0.314 e. The molecular formula is C13H13N3O3. The van der Waals surface area contributed by atoms with Crippen molar-refractivity contribution in [1.82, 2.24) is 4.98 Å². The molecule has 6 nitrogen and oxygen atoms in total. The number of nitro benzene ring substituents is 1. The van der Waals surface area contributed by atoms with Crippen molar-refractivity contribution < 1.29 is 9.66 Å². The van der Waals surface area contributed by atoms with Gasteiger partial charge in [-0.25, -0.2) is 4.98 Å². The number of aryl methyl sites for hydroxylation is 1. The first-order chi connectivity index (χ1) is 9.13. The van der Waals surface area contributed by atoms with Crippen LogP contribution in [-0.4, -0.2) is 9.91 Å². The van der Waals surface area contributed by atoms with Crippen LogP contribution in [-0.2, 0) is 6.54 Å². The van der Waals surface area contributed by atoms with Gasteiger partial charge in [0.2, 0.25) is 11.6 Å². The van der Waals surface area contributed by atoms with Gasteiger partial charge in [-0.05, 0) is 19.1 Å². The summed E-state index contributed by atoms with van der Waals surface area (Å²) >= 11 is 0. The fraction of sp³-hybridized carbons (Fsp3) is 0.154. The van der Waals surface area contributed by atoms with Crippen LogP contribution in [0.15, 0.2) is 36.5 Å². The first-order valence-corrected chi connectivity index (χ1v) is 5.69. The number of ether oxygens (including phenoxy) is 1. The molecule has 1 heterocycles. The highest BCUT2D eigenvalue weighted by molar-refractivity contribution is 5.53. The quantitative estimate of drug-likeness (QED) is 0.673. The molecule has 0 spiro atoms. The number of hydrogen-bond donors (Lipinski definition) is 1. The van der Waals surface area contributed by atoms with Gasteiger partial charge in [0.25, 0.3) is 0 Å². The zero-order chi connectivity index (χ0) is 13.8. The molecule has 0 radical (unpaired) electrons. The number of para-hydroxylation sites is 1. The van der Waals surface area contributed by atoms with E-state index >= 15 is 0 Å². The molecule has 98 valence electrons. The summed E-state index contributed by atoms with van der Waals surface area (Å²) in [6.07, 6.45) is 1.55. The van der Waals surface area contributed by atoms with Crippen molar-refractivity contribution in [3.05, 3.63) is 57.8 Å². The number of aromatic nitrogens is 1. The number of nitrogens with zero attached hydrogens (tertiary/aromatic N) is 2. The Morgan fingerprint density at radius 1 is 1.37 bits per heavy atom. The predicted molar refractivity (Wildman–Crippen MR) is 70.0 cm³/mol. The van der Waals surface area contributed by atoms with Crippen molar-refractivity contribution in [2.24, 2.45) is 5.73 Å². The van der Waals surface area contributed by atoms with E-state index in [1.54, 1.807) is 43.5 Å². The molecular weight excluding hydrogens is 246 g/mol. The Morgan fingerprint density at radius 3 is 2.84 bits per heavy atom. The van der Waals surface area contributed by atoms with Crippen LogP contribution in [0.3, 0.4) is 0 Å². The topological polar surface area (TPSA) is 91.3 Å². The number of nitro groups is 1. The van der Waals surface area contributed by atoms with E-state index in [9.17, 15) is 10.1 Å². The molecule has 0 aliphatic heterocycles. The van der Waals surface area contributed by atoms with E-state index in [0.717, 1.165) is 0 Å². The summed E-state index contributed by atoms with van der Waals surface area (Å²) in [4.78, 5) is 14.7. The minimum Gasteiger partial charge on any atom is -0.431 e. The minimum absolute atomic E-state index is 0.0591. The van der Waals surface area contributed by atoms with E-state index in [4.69, 9.17) is 10.5 Å². The number of hydrogen-bond acceptors (Lipinski definition) is 5. The van der Waals surface area contributed by atoms with E-state index in [2.05, 4.69) is 4.98 Å². The molecule has 0 aliphatic rings. The Bertz CT molecular complexity index is 614. The van der Waals surface area contributed by atoms with E-state index in [0.29, 0.717) is 17.0 Å². The molecule has 1 aromatic heterocycles. The normalized spacial score (nSPS) is 10.2. The van der Waals surface area contributed by atoms with Gasteiger partial charge in [0, 0.05) is 23.9 Å². The highest BCUT2D eigenvalue weighted by atomic mass is 16.6. The van der Waals surface area contributed by atoms with Gasteiger partial charge in [-0.15, -0.1) is 0 Å². The second-order valence-corrected chi connectivity index (χ2v) is 3.95. The van der Waals surface area contributed by atoms with Gasteiger partial charge in [-0.2, -0.15) is 0 Å².